The number of halogens is 1. The van der Waals surface area contributed by atoms with Crippen molar-refractivity contribution < 1.29 is 9.53 Å². The Morgan fingerprint density at radius 2 is 2.21 bits per heavy atom. The molecule has 104 valence electrons. The van der Waals surface area contributed by atoms with Crippen LogP contribution in [0, 0.1) is 0 Å². The Balaban J connectivity index is 2.03. The van der Waals surface area contributed by atoms with Crippen molar-refractivity contribution in [2.75, 3.05) is 26.3 Å². The number of hydrogen-bond acceptors (Lipinski definition) is 3. The first-order valence-electron chi connectivity index (χ1n) is 6.54. The van der Waals surface area contributed by atoms with Crippen LogP contribution in [0.15, 0.2) is 28.7 Å². The molecule has 0 bridgehead atoms. The van der Waals surface area contributed by atoms with Gasteiger partial charge in [0.15, 0.2) is 0 Å². The zero-order valence-electron chi connectivity index (χ0n) is 11.1. The Morgan fingerprint density at radius 1 is 1.47 bits per heavy atom. The molecule has 0 aliphatic carbocycles. The summed E-state index contributed by atoms with van der Waals surface area (Å²) in [6.45, 7) is 5.31. The molecule has 1 fully saturated rings. The fraction of sp³-hybridized carbons (Fsp3) is 0.500. The maximum Gasteiger partial charge on any atom is 0.239 e. The Kier molecular flexibility index (Phi) is 5.36. The molecule has 0 saturated carbocycles. The molecule has 4 nitrogen and oxygen atoms in total. The third-order valence-electron chi connectivity index (χ3n) is 3.19. The van der Waals surface area contributed by atoms with Gasteiger partial charge in [-0.3, -0.25) is 9.69 Å². The van der Waals surface area contributed by atoms with Crippen molar-refractivity contribution >= 4 is 21.8 Å². The maximum atomic E-state index is 12.0. The van der Waals surface area contributed by atoms with Crippen LogP contribution in [-0.4, -0.2) is 43.2 Å². The molecular formula is C14H19BrN2O2. The average Bonchev–Trinajstić information content (AvgIpc) is 2.42. The number of benzene rings is 1. The van der Waals surface area contributed by atoms with Gasteiger partial charge >= 0.3 is 0 Å². The summed E-state index contributed by atoms with van der Waals surface area (Å²) in [5, 5.41) is 2.87. The number of hydrogen-bond donors (Lipinski definition) is 1. The molecule has 1 aromatic rings. The molecular weight excluding hydrogens is 308 g/mol. The first-order chi connectivity index (χ1) is 9.20. The highest BCUT2D eigenvalue weighted by molar-refractivity contribution is 9.10. The second kappa shape index (κ2) is 7.03. The van der Waals surface area contributed by atoms with Gasteiger partial charge in [-0.2, -0.15) is 0 Å². The Labute approximate surface area is 122 Å². The van der Waals surface area contributed by atoms with Gasteiger partial charge in [0.1, 0.15) is 6.04 Å². The second-order valence-electron chi connectivity index (χ2n) is 4.58. The van der Waals surface area contributed by atoms with Crippen molar-refractivity contribution in [3.8, 4) is 0 Å². The number of likely N-dealkylation sites (N-methyl/N-ethyl adjacent to an activating group) is 1. The topological polar surface area (TPSA) is 41.6 Å². The lowest BCUT2D eigenvalue weighted by Crippen LogP contribution is -2.53. The molecule has 1 saturated heterocycles. The highest BCUT2D eigenvalue weighted by Gasteiger charge is 2.28. The Morgan fingerprint density at radius 3 is 2.89 bits per heavy atom. The summed E-state index contributed by atoms with van der Waals surface area (Å²) >= 11 is 3.43. The average molecular weight is 327 g/mol. The summed E-state index contributed by atoms with van der Waals surface area (Å²) < 4.78 is 6.49. The van der Waals surface area contributed by atoms with Crippen LogP contribution in [0.5, 0.6) is 0 Å². The van der Waals surface area contributed by atoms with Gasteiger partial charge in [-0.15, -0.1) is 0 Å². The number of morpholine rings is 1. The van der Waals surface area contributed by atoms with Crippen LogP contribution in [0.4, 0.5) is 0 Å². The second-order valence-corrected chi connectivity index (χ2v) is 5.50. The monoisotopic (exact) mass is 326 g/mol. The molecule has 1 amide bonds. The van der Waals surface area contributed by atoms with E-state index in [-0.39, 0.29) is 11.9 Å². The Bertz CT molecular complexity index is 422. The Hall–Kier alpha value is -0.910. The highest BCUT2D eigenvalue weighted by Crippen LogP contribution is 2.15. The molecule has 0 radical (unpaired) electrons. The number of ether oxygens (including phenoxy) is 1. The number of nitrogens with one attached hydrogen (secondary N) is 1. The minimum absolute atomic E-state index is 0.0549. The van der Waals surface area contributed by atoms with Crippen LogP contribution in [0.25, 0.3) is 0 Å². The van der Waals surface area contributed by atoms with Gasteiger partial charge in [-0.25, -0.2) is 0 Å². The number of carbonyl (C=O) groups excluding carboxylic acids is 1. The van der Waals surface area contributed by atoms with Crippen LogP contribution in [0.3, 0.4) is 0 Å². The van der Waals surface area contributed by atoms with Gasteiger partial charge in [-0.05, 0) is 24.6 Å². The van der Waals surface area contributed by atoms with E-state index in [0.717, 1.165) is 17.6 Å². The quantitative estimate of drug-likeness (QED) is 0.917. The maximum absolute atomic E-state index is 12.0. The zero-order chi connectivity index (χ0) is 13.7. The zero-order valence-corrected chi connectivity index (χ0v) is 12.6. The normalized spacial score (nSPS) is 20.2. The van der Waals surface area contributed by atoms with E-state index < -0.39 is 0 Å². The van der Waals surface area contributed by atoms with Crippen molar-refractivity contribution in [2.24, 2.45) is 0 Å². The first-order valence-corrected chi connectivity index (χ1v) is 7.34. The van der Waals surface area contributed by atoms with Crippen LogP contribution in [0.2, 0.25) is 0 Å². The molecule has 1 aliphatic rings. The molecule has 1 aromatic carbocycles. The van der Waals surface area contributed by atoms with Crippen LogP contribution in [-0.2, 0) is 16.1 Å². The van der Waals surface area contributed by atoms with E-state index in [9.17, 15) is 4.79 Å². The lowest BCUT2D eigenvalue weighted by Gasteiger charge is -2.34. The summed E-state index contributed by atoms with van der Waals surface area (Å²) in [6.07, 6.45) is 0. The molecule has 5 heteroatoms. The van der Waals surface area contributed by atoms with Gasteiger partial charge in [0.25, 0.3) is 0 Å². The molecule has 19 heavy (non-hydrogen) atoms. The van der Waals surface area contributed by atoms with Crippen molar-refractivity contribution in [2.45, 2.75) is 19.5 Å². The van der Waals surface area contributed by atoms with E-state index in [0.29, 0.717) is 19.8 Å². The number of nitrogens with zero attached hydrogens (tertiary/aromatic N) is 1. The van der Waals surface area contributed by atoms with Crippen LogP contribution in [0.1, 0.15) is 12.5 Å². The summed E-state index contributed by atoms with van der Waals surface area (Å²) in [4.78, 5) is 14.2. The fourth-order valence-corrected chi connectivity index (χ4v) is 2.45. The minimum atomic E-state index is -0.183. The summed E-state index contributed by atoms with van der Waals surface area (Å²) in [5.74, 6) is 0.0549. The van der Waals surface area contributed by atoms with Crippen LogP contribution >= 0.6 is 15.9 Å². The number of carbonyl (C=O) groups is 1. The molecule has 1 atom stereocenters. The van der Waals surface area contributed by atoms with E-state index >= 15 is 0 Å². The van der Waals surface area contributed by atoms with E-state index in [1.165, 1.54) is 5.56 Å². The standard InChI is InChI=1S/C14H19BrN2O2/c1-2-16-14(18)13-10-19-8-7-17(13)9-11-3-5-12(15)6-4-11/h3-6,13H,2,7-10H2,1H3,(H,16,18). The minimum Gasteiger partial charge on any atom is -0.378 e. The number of rotatable bonds is 4. The summed E-state index contributed by atoms with van der Waals surface area (Å²) in [7, 11) is 0. The van der Waals surface area contributed by atoms with Gasteiger partial charge in [0.2, 0.25) is 5.91 Å². The predicted octanol–water partition coefficient (Wildman–Crippen LogP) is 1.79. The van der Waals surface area contributed by atoms with E-state index in [2.05, 4.69) is 38.3 Å². The SMILES string of the molecule is CCNC(=O)C1COCCN1Cc1ccc(Br)cc1. The van der Waals surface area contributed by atoms with Gasteiger partial charge in [-0.1, -0.05) is 28.1 Å². The van der Waals surface area contributed by atoms with Gasteiger partial charge < -0.3 is 10.1 Å². The smallest absolute Gasteiger partial charge is 0.239 e. The van der Waals surface area contributed by atoms with Gasteiger partial charge in [0.05, 0.1) is 13.2 Å². The third kappa shape index (κ3) is 4.03. The number of amides is 1. The molecule has 0 aromatic heterocycles. The van der Waals surface area contributed by atoms with Crippen molar-refractivity contribution in [1.82, 2.24) is 10.2 Å². The highest BCUT2D eigenvalue weighted by atomic mass is 79.9. The van der Waals surface area contributed by atoms with E-state index in [4.69, 9.17) is 4.74 Å². The van der Waals surface area contributed by atoms with Crippen molar-refractivity contribution in [3.63, 3.8) is 0 Å². The lowest BCUT2D eigenvalue weighted by molar-refractivity contribution is -0.132. The molecule has 1 N–H and O–H groups in total. The van der Waals surface area contributed by atoms with Crippen LogP contribution < -0.4 is 5.32 Å². The predicted molar refractivity (Wildman–Crippen MR) is 77.8 cm³/mol. The van der Waals surface area contributed by atoms with Crippen molar-refractivity contribution in [3.05, 3.63) is 34.3 Å². The molecule has 1 aliphatic heterocycles. The molecule has 1 heterocycles. The van der Waals surface area contributed by atoms with E-state index in [1.54, 1.807) is 0 Å². The molecule has 2 rings (SSSR count). The summed E-state index contributed by atoms with van der Waals surface area (Å²) in [5.41, 5.74) is 1.21. The first kappa shape index (κ1) is 14.5. The van der Waals surface area contributed by atoms with Gasteiger partial charge in [0, 0.05) is 24.1 Å². The lowest BCUT2D eigenvalue weighted by atomic mass is 10.1. The van der Waals surface area contributed by atoms with E-state index in [1.807, 2.05) is 19.1 Å². The van der Waals surface area contributed by atoms with Crippen molar-refractivity contribution in [1.29, 1.82) is 0 Å². The third-order valence-corrected chi connectivity index (χ3v) is 3.72. The largest absolute Gasteiger partial charge is 0.378 e. The fourth-order valence-electron chi connectivity index (χ4n) is 2.19. The molecule has 1 unspecified atom stereocenters. The molecule has 0 spiro atoms. The summed E-state index contributed by atoms with van der Waals surface area (Å²) in [6, 6.07) is 8.02.